The first-order valence-corrected chi connectivity index (χ1v) is 9.38. The number of phenolic OH excluding ortho intramolecular Hbond substituents is 1. The highest BCUT2D eigenvalue weighted by atomic mass is 19.1. The summed E-state index contributed by atoms with van der Waals surface area (Å²) in [7, 11) is 0. The van der Waals surface area contributed by atoms with E-state index in [1.807, 2.05) is 0 Å². The smallest absolute Gasteiger partial charge is 0.307 e. The Labute approximate surface area is 180 Å². The van der Waals surface area contributed by atoms with Gasteiger partial charge in [0.2, 0.25) is 0 Å². The van der Waals surface area contributed by atoms with Gasteiger partial charge in [-0.3, -0.25) is 19.2 Å². The van der Waals surface area contributed by atoms with Gasteiger partial charge in [0, 0.05) is 5.56 Å². The molecule has 3 amide bonds. The first kappa shape index (κ1) is 20.7. The van der Waals surface area contributed by atoms with E-state index in [0.717, 1.165) is 17.0 Å². The van der Waals surface area contributed by atoms with E-state index in [4.69, 9.17) is 5.11 Å². The van der Waals surface area contributed by atoms with E-state index in [0.29, 0.717) is 5.56 Å². The number of carboxylic acids is 1. The van der Waals surface area contributed by atoms with Gasteiger partial charge in [0.1, 0.15) is 11.6 Å². The van der Waals surface area contributed by atoms with Crippen LogP contribution >= 0.6 is 0 Å². The van der Waals surface area contributed by atoms with E-state index in [1.165, 1.54) is 48.5 Å². The fourth-order valence-electron chi connectivity index (χ4n) is 3.37. The zero-order valence-corrected chi connectivity index (χ0v) is 16.3. The maximum Gasteiger partial charge on any atom is 0.307 e. The van der Waals surface area contributed by atoms with Crippen LogP contribution in [0.15, 0.2) is 60.7 Å². The minimum atomic E-state index is -1.07. The highest BCUT2D eigenvalue weighted by Gasteiger charge is 2.37. The molecule has 9 heteroatoms. The summed E-state index contributed by atoms with van der Waals surface area (Å²) < 4.78 is 13.2. The molecule has 160 valence electrons. The molecule has 0 saturated heterocycles. The van der Waals surface area contributed by atoms with Crippen LogP contribution in [-0.2, 0) is 11.2 Å². The van der Waals surface area contributed by atoms with Crippen molar-refractivity contribution >= 4 is 35.1 Å². The Hall–Kier alpha value is -4.53. The number of fused-ring (bicyclic) bond motifs is 1. The normalized spacial score (nSPS) is 12.6. The first-order chi connectivity index (χ1) is 15.2. The van der Waals surface area contributed by atoms with Crippen LogP contribution in [0.2, 0.25) is 0 Å². The van der Waals surface area contributed by atoms with Crippen LogP contribution < -0.4 is 10.2 Å². The molecular weight excluding hydrogens is 419 g/mol. The lowest BCUT2D eigenvalue weighted by Gasteiger charge is -2.13. The number of nitrogens with zero attached hydrogens (tertiary/aromatic N) is 1. The maximum absolute atomic E-state index is 13.2. The summed E-state index contributed by atoms with van der Waals surface area (Å²) >= 11 is 0. The number of halogens is 1. The predicted molar refractivity (Wildman–Crippen MR) is 111 cm³/mol. The Balaban J connectivity index is 1.60. The van der Waals surface area contributed by atoms with Gasteiger partial charge in [-0.1, -0.05) is 6.07 Å². The van der Waals surface area contributed by atoms with E-state index in [2.05, 4.69) is 5.32 Å². The fourth-order valence-corrected chi connectivity index (χ4v) is 3.37. The number of aliphatic carboxylic acids is 1. The first-order valence-electron chi connectivity index (χ1n) is 9.38. The van der Waals surface area contributed by atoms with E-state index in [-0.39, 0.29) is 40.2 Å². The molecule has 1 aliphatic heterocycles. The standard InChI is InChI=1S/C23H15FN2O6/c24-14-3-5-15(6-4-14)26-22(31)16-7-2-13(11-17(16)23(26)32)21(30)25-18-9-12(10-20(28)29)1-8-19(18)27/h1-9,11,27H,10H2,(H,25,30)(H,28,29). The number of benzene rings is 3. The number of imide groups is 1. The van der Waals surface area contributed by atoms with Crippen molar-refractivity contribution in [2.45, 2.75) is 6.42 Å². The zero-order chi connectivity index (χ0) is 23.0. The number of carboxylic acid groups (broad SMARTS) is 1. The maximum atomic E-state index is 13.2. The van der Waals surface area contributed by atoms with Gasteiger partial charge in [-0.2, -0.15) is 0 Å². The molecule has 1 heterocycles. The lowest BCUT2D eigenvalue weighted by atomic mass is 10.0. The number of carbonyl (C=O) groups excluding carboxylic acids is 3. The van der Waals surface area contributed by atoms with Crippen LogP contribution in [0.3, 0.4) is 0 Å². The predicted octanol–water partition coefficient (Wildman–Crippen LogP) is 3.21. The largest absolute Gasteiger partial charge is 0.506 e. The van der Waals surface area contributed by atoms with Gasteiger partial charge in [-0.15, -0.1) is 0 Å². The molecule has 1 aliphatic rings. The number of hydrogen-bond donors (Lipinski definition) is 3. The molecular formula is C23H15FN2O6. The van der Waals surface area contributed by atoms with Crippen LogP contribution in [0.4, 0.5) is 15.8 Å². The van der Waals surface area contributed by atoms with Gasteiger partial charge in [0.25, 0.3) is 17.7 Å². The zero-order valence-electron chi connectivity index (χ0n) is 16.3. The average molecular weight is 434 g/mol. The number of anilines is 2. The lowest BCUT2D eigenvalue weighted by Crippen LogP contribution is -2.29. The second-order valence-electron chi connectivity index (χ2n) is 7.06. The van der Waals surface area contributed by atoms with Gasteiger partial charge in [-0.05, 0) is 60.2 Å². The number of carbonyl (C=O) groups is 4. The number of phenols is 1. The van der Waals surface area contributed by atoms with E-state index < -0.39 is 29.5 Å². The summed E-state index contributed by atoms with van der Waals surface area (Å²) in [6.45, 7) is 0. The van der Waals surface area contributed by atoms with Crippen molar-refractivity contribution in [2.75, 3.05) is 10.2 Å². The van der Waals surface area contributed by atoms with Crippen LogP contribution in [0.25, 0.3) is 0 Å². The quantitative estimate of drug-likeness (QED) is 0.419. The summed E-state index contributed by atoms with van der Waals surface area (Å²) in [6, 6.07) is 12.8. The second-order valence-corrected chi connectivity index (χ2v) is 7.06. The van der Waals surface area contributed by atoms with Crippen LogP contribution in [0.5, 0.6) is 5.75 Å². The molecule has 3 aromatic carbocycles. The topological polar surface area (TPSA) is 124 Å². The Bertz CT molecular complexity index is 1290. The van der Waals surface area contributed by atoms with Crippen LogP contribution in [0, 0.1) is 5.82 Å². The van der Waals surface area contributed by atoms with Crippen molar-refractivity contribution in [3.05, 3.63) is 88.7 Å². The van der Waals surface area contributed by atoms with Gasteiger partial charge in [0.05, 0.1) is 28.9 Å². The lowest BCUT2D eigenvalue weighted by molar-refractivity contribution is -0.136. The Morgan fingerprint density at radius 3 is 2.28 bits per heavy atom. The Morgan fingerprint density at radius 2 is 1.59 bits per heavy atom. The van der Waals surface area contributed by atoms with Crippen molar-refractivity contribution < 1.29 is 33.8 Å². The molecule has 32 heavy (non-hydrogen) atoms. The van der Waals surface area contributed by atoms with E-state index in [1.54, 1.807) is 0 Å². The molecule has 0 fully saturated rings. The minimum absolute atomic E-state index is 0.00425. The molecule has 0 unspecified atom stereocenters. The van der Waals surface area contributed by atoms with E-state index >= 15 is 0 Å². The van der Waals surface area contributed by atoms with Crippen LogP contribution in [0.1, 0.15) is 36.6 Å². The molecule has 4 rings (SSSR count). The Morgan fingerprint density at radius 1 is 0.906 bits per heavy atom. The van der Waals surface area contributed by atoms with Gasteiger partial charge < -0.3 is 15.5 Å². The van der Waals surface area contributed by atoms with Gasteiger partial charge in [-0.25, -0.2) is 9.29 Å². The fraction of sp³-hybridized carbons (Fsp3) is 0.0435. The van der Waals surface area contributed by atoms with Crippen molar-refractivity contribution in [3.63, 3.8) is 0 Å². The molecule has 0 atom stereocenters. The third-order valence-corrected chi connectivity index (χ3v) is 4.90. The Kier molecular flexibility index (Phi) is 5.15. The van der Waals surface area contributed by atoms with Crippen molar-refractivity contribution in [1.82, 2.24) is 0 Å². The molecule has 0 saturated carbocycles. The molecule has 0 aliphatic carbocycles. The third-order valence-electron chi connectivity index (χ3n) is 4.90. The summed E-state index contributed by atoms with van der Waals surface area (Å²) in [5, 5.41) is 21.4. The van der Waals surface area contributed by atoms with Crippen molar-refractivity contribution in [2.24, 2.45) is 0 Å². The molecule has 0 radical (unpaired) electrons. The third kappa shape index (κ3) is 3.79. The van der Waals surface area contributed by atoms with Crippen LogP contribution in [-0.4, -0.2) is 33.9 Å². The number of hydrogen-bond acceptors (Lipinski definition) is 5. The molecule has 3 N–H and O–H groups in total. The summed E-state index contributed by atoms with van der Waals surface area (Å²) in [6.07, 6.45) is -0.294. The monoisotopic (exact) mass is 434 g/mol. The summed E-state index contributed by atoms with van der Waals surface area (Å²) in [5.41, 5.74) is 0.732. The number of rotatable bonds is 5. The molecule has 3 aromatic rings. The van der Waals surface area contributed by atoms with Gasteiger partial charge >= 0.3 is 5.97 Å². The number of amides is 3. The minimum Gasteiger partial charge on any atom is -0.506 e. The van der Waals surface area contributed by atoms with Gasteiger partial charge in [0.15, 0.2) is 0 Å². The summed E-state index contributed by atoms with van der Waals surface area (Å²) in [4.78, 5) is 49.9. The van der Waals surface area contributed by atoms with Crippen molar-refractivity contribution in [3.8, 4) is 5.75 Å². The average Bonchev–Trinajstić information content (AvgIpc) is 3.00. The highest BCUT2D eigenvalue weighted by Crippen LogP contribution is 2.30. The summed E-state index contributed by atoms with van der Waals surface area (Å²) in [5.74, 6) is -3.76. The second kappa shape index (κ2) is 7.95. The molecule has 0 bridgehead atoms. The molecule has 0 spiro atoms. The molecule has 0 aromatic heterocycles. The molecule has 8 nitrogen and oxygen atoms in total. The number of nitrogens with one attached hydrogen (secondary N) is 1. The highest BCUT2D eigenvalue weighted by molar-refractivity contribution is 6.34. The SMILES string of the molecule is O=C(O)Cc1ccc(O)c(NC(=O)c2ccc3c(c2)C(=O)N(c2ccc(F)cc2)C3=O)c1. The van der Waals surface area contributed by atoms with E-state index in [9.17, 15) is 28.7 Å². The number of aromatic hydroxyl groups is 1. The van der Waals surface area contributed by atoms with Crippen molar-refractivity contribution in [1.29, 1.82) is 0 Å².